The van der Waals surface area contributed by atoms with Crippen molar-refractivity contribution >= 4 is 5.82 Å². The van der Waals surface area contributed by atoms with Gasteiger partial charge in [0.1, 0.15) is 11.6 Å². The van der Waals surface area contributed by atoms with E-state index in [0.29, 0.717) is 11.7 Å². The SMILES string of the molecule is Nc1nc(C2Cc3ccccc3C2)nc2c1CCC2. The van der Waals surface area contributed by atoms with E-state index in [-0.39, 0.29) is 0 Å². The van der Waals surface area contributed by atoms with E-state index in [2.05, 4.69) is 29.2 Å². The second kappa shape index (κ2) is 4.05. The van der Waals surface area contributed by atoms with E-state index >= 15 is 0 Å². The molecule has 2 aromatic rings. The number of aryl methyl sites for hydroxylation is 1. The summed E-state index contributed by atoms with van der Waals surface area (Å²) in [5.41, 5.74) is 11.4. The fraction of sp³-hybridized carbons (Fsp3) is 0.375. The minimum absolute atomic E-state index is 0.408. The molecule has 1 aromatic carbocycles. The van der Waals surface area contributed by atoms with E-state index in [4.69, 9.17) is 10.7 Å². The van der Waals surface area contributed by atoms with Gasteiger partial charge in [-0.15, -0.1) is 0 Å². The number of fused-ring (bicyclic) bond motifs is 2. The van der Waals surface area contributed by atoms with Gasteiger partial charge in [0.05, 0.1) is 0 Å². The molecule has 2 aliphatic rings. The third-order valence-corrected chi connectivity index (χ3v) is 4.40. The lowest BCUT2D eigenvalue weighted by Gasteiger charge is -2.11. The molecule has 96 valence electrons. The van der Waals surface area contributed by atoms with Crippen LogP contribution < -0.4 is 5.73 Å². The minimum Gasteiger partial charge on any atom is -0.383 e. The number of rotatable bonds is 1. The predicted octanol–water partition coefficient (Wildman–Crippen LogP) is 2.43. The molecule has 0 radical (unpaired) electrons. The molecule has 0 amide bonds. The topological polar surface area (TPSA) is 51.8 Å². The predicted molar refractivity (Wildman–Crippen MR) is 75.1 cm³/mol. The average molecular weight is 251 g/mol. The van der Waals surface area contributed by atoms with Crippen LogP contribution in [-0.4, -0.2) is 9.97 Å². The Balaban J connectivity index is 1.70. The molecule has 2 aliphatic carbocycles. The van der Waals surface area contributed by atoms with Crippen LogP contribution in [0.15, 0.2) is 24.3 Å². The lowest BCUT2D eigenvalue weighted by Crippen LogP contribution is -2.10. The number of nitrogens with zero attached hydrogens (tertiary/aromatic N) is 2. The molecule has 3 nitrogen and oxygen atoms in total. The maximum absolute atomic E-state index is 6.09. The van der Waals surface area contributed by atoms with Crippen LogP contribution in [0.4, 0.5) is 5.82 Å². The minimum atomic E-state index is 0.408. The largest absolute Gasteiger partial charge is 0.383 e. The molecular weight excluding hydrogens is 234 g/mol. The molecule has 0 saturated carbocycles. The Morgan fingerprint density at radius 3 is 2.47 bits per heavy atom. The summed E-state index contributed by atoms with van der Waals surface area (Å²) < 4.78 is 0. The standard InChI is InChI=1S/C16H17N3/c17-15-13-6-3-7-14(13)18-16(19-15)12-8-10-4-1-2-5-11(10)9-12/h1-2,4-5,12H,3,6-9H2,(H2,17,18,19). The van der Waals surface area contributed by atoms with Gasteiger partial charge in [0.2, 0.25) is 0 Å². The van der Waals surface area contributed by atoms with E-state index < -0.39 is 0 Å². The number of hydrogen-bond acceptors (Lipinski definition) is 3. The first-order chi connectivity index (χ1) is 9.31. The monoisotopic (exact) mass is 251 g/mol. The first kappa shape index (κ1) is 11.0. The van der Waals surface area contributed by atoms with Crippen molar-refractivity contribution in [2.45, 2.75) is 38.0 Å². The molecule has 0 fully saturated rings. The summed E-state index contributed by atoms with van der Waals surface area (Å²) in [6, 6.07) is 8.65. The first-order valence-electron chi connectivity index (χ1n) is 7.03. The summed E-state index contributed by atoms with van der Waals surface area (Å²) in [4.78, 5) is 9.36. The van der Waals surface area contributed by atoms with Crippen LogP contribution in [0.3, 0.4) is 0 Å². The van der Waals surface area contributed by atoms with Crippen LogP contribution in [0, 0.1) is 0 Å². The zero-order valence-corrected chi connectivity index (χ0v) is 10.9. The summed E-state index contributed by atoms with van der Waals surface area (Å²) in [5.74, 6) is 2.08. The van der Waals surface area contributed by atoms with Gasteiger partial charge in [-0.3, -0.25) is 0 Å². The van der Waals surface area contributed by atoms with Gasteiger partial charge >= 0.3 is 0 Å². The molecular formula is C16H17N3. The lowest BCUT2D eigenvalue weighted by molar-refractivity contribution is 0.677. The van der Waals surface area contributed by atoms with Crippen molar-refractivity contribution in [2.24, 2.45) is 0 Å². The zero-order valence-electron chi connectivity index (χ0n) is 10.9. The molecule has 4 rings (SSSR count). The van der Waals surface area contributed by atoms with Gasteiger partial charge in [-0.2, -0.15) is 0 Å². The fourth-order valence-corrected chi connectivity index (χ4v) is 3.41. The van der Waals surface area contributed by atoms with Crippen LogP contribution in [-0.2, 0) is 25.7 Å². The Hall–Kier alpha value is -1.90. The first-order valence-corrected chi connectivity index (χ1v) is 7.03. The molecule has 0 atom stereocenters. The van der Waals surface area contributed by atoms with Crippen LogP contribution in [0.5, 0.6) is 0 Å². The van der Waals surface area contributed by atoms with Crippen molar-refractivity contribution < 1.29 is 0 Å². The smallest absolute Gasteiger partial charge is 0.134 e. The summed E-state index contributed by atoms with van der Waals surface area (Å²) in [6.07, 6.45) is 5.38. The molecule has 19 heavy (non-hydrogen) atoms. The highest BCUT2D eigenvalue weighted by atomic mass is 15.0. The van der Waals surface area contributed by atoms with Crippen LogP contribution in [0.25, 0.3) is 0 Å². The van der Waals surface area contributed by atoms with Crippen LogP contribution in [0.1, 0.15) is 40.5 Å². The summed E-state index contributed by atoms with van der Waals surface area (Å²) in [6.45, 7) is 0. The third-order valence-electron chi connectivity index (χ3n) is 4.40. The molecule has 0 saturated heterocycles. The van der Waals surface area contributed by atoms with Gasteiger partial charge in [0.15, 0.2) is 0 Å². The Bertz CT molecular complexity index is 623. The Kier molecular flexibility index (Phi) is 2.34. The number of nitrogens with two attached hydrogens (primary N) is 1. The fourth-order valence-electron chi connectivity index (χ4n) is 3.41. The van der Waals surface area contributed by atoms with Crippen molar-refractivity contribution in [1.29, 1.82) is 0 Å². The van der Waals surface area contributed by atoms with Crippen LogP contribution in [0.2, 0.25) is 0 Å². The van der Waals surface area contributed by atoms with Crippen molar-refractivity contribution in [1.82, 2.24) is 9.97 Å². The highest BCUT2D eigenvalue weighted by molar-refractivity contribution is 5.46. The van der Waals surface area contributed by atoms with Gasteiger partial charge in [-0.1, -0.05) is 24.3 Å². The summed E-state index contributed by atoms with van der Waals surface area (Å²) in [5, 5.41) is 0. The van der Waals surface area contributed by atoms with Gasteiger partial charge in [0, 0.05) is 17.2 Å². The second-order valence-corrected chi connectivity index (χ2v) is 5.62. The van der Waals surface area contributed by atoms with E-state index in [9.17, 15) is 0 Å². The van der Waals surface area contributed by atoms with Gasteiger partial charge in [-0.05, 0) is 43.2 Å². The quantitative estimate of drug-likeness (QED) is 0.847. The summed E-state index contributed by atoms with van der Waals surface area (Å²) in [7, 11) is 0. The van der Waals surface area contributed by atoms with Crippen molar-refractivity contribution in [3.63, 3.8) is 0 Å². The maximum atomic E-state index is 6.09. The average Bonchev–Trinajstić information content (AvgIpc) is 3.04. The molecule has 0 unspecified atom stereocenters. The molecule has 0 bridgehead atoms. The molecule has 1 aromatic heterocycles. The van der Waals surface area contributed by atoms with Gasteiger partial charge < -0.3 is 5.73 Å². The van der Waals surface area contributed by atoms with E-state index in [1.807, 2.05) is 0 Å². The Morgan fingerprint density at radius 1 is 1.00 bits per heavy atom. The van der Waals surface area contributed by atoms with Crippen LogP contribution >= 0.6 is 0 Å². The van der Waals surface area contributed by atoms with Crippen molar-refractivity contribution in [3.05, 3.63) is 52.5 Å². The third kappa shape index (κ3) is 1.72. The van der Waals surface area contributed by atoms with Crippen molar-refractivity contribution in [2.75, 3.05) is 5.73 Å². The number of aromatic nitrogens is 2. The summed E-state index contributed by atoms with van der Waals surface area (Å²) >= 11 is 0. The van der Waals surface area contributed by atoms with E-state index in [1.54, 1.807) is 0 Å². The van der Waals surface area contributed by atoms with E-state index in [1.165, 1.54) is 28.8 Å². The van der Waals surface area contributed by atoms with E-state index in [0.717, 1.165) is 31.5 Å². The molecule has 1 heterocycles. The van der Waals surface area contributed by atoms with Gasteiger partial charge in [-0.25, -0.2) is 9.97 Å². The number of hydrogen-bond donors (Lipinski definition) is 1. The highest BCUT2D eigenvalue weighted by Crippen LogP contribution is 2.34. The normalized spacial score (nSPS) is 17.5. The van der Waals surface area contributed by atoms with Gasteiger partial charge in [0.25, 0.3) is 0 Å². The number of anilines is 1. The van der Waals surface area contributed by atoms with Crippen molar-refractivity contribution in [3.8, 4) is 0 Å². The zero-order chi connectivity index (χ0) is 12.8. The highest BCUT2D eigenvalue weighted by Gasteiger charge is 2.27. The molecule has 3 heteroatoms. The number of benzene rings is 1. The maximum Gasteiger partial charge on any atom is 0.134 e. The molecule has 0 aliphatic heterocycles. The lowest BCUT2D eigenvalue weighted by atomic mass is 10.1. The molecule has 0 spiro atoms. The Labute approximate surface area is 112 Å². The number of nitrogen functional groups attached to an aromatic ring is 1. The Morgan fingerprint density at radius 2 is 1.74 bits per heavy atom. The molecule has 2 N–H and O–H groups in total. The second-order valence-electron chi connectivity index (χ2n) is 5.62.